The average Bonchev–Trinajstić information content (AvgIpc) is 2.18. The van der Waals surface area contributed by atoms with Gasteiger partial charge in [-0.05, 0) is 43.4 Å². The van der Waals surface area contributed by atoms with Crippen molar-refractivity contribution in [3.8, 4) is 0 Å². The minimum Gasteiger partial charge on any atom is -0.396 e. The summed E-state index contributed by atoms with van der Waals surface area (Å²) in [5.41, 5.74) is 9.80. The number of hydrogen-bond donors (Lipinski definition) is 2. The molecule has 0 fully saturated rings. The van der Waals surface area contributed by atoms with Crippen LogP contribution in [0.1, 0.15) is 35.6 Å². The summed E-state index contributed by atoms with van der Waals surface area (Å²) in [6.45, 7) is 4.42. The van der Waals surface area contributed by atoms with E-state index in [2.05, 4.69) is 26.0 Å². The molecule has 0 radical (unpaired) electrons. The Labute approximate surface area is 85.8 Å². The SMILES string of the molecule is Cc1cccc([C@@H](N)CCCO)c1C. The minimum atomic E-state index is 0.0575. The van der Waals surface area contributed by atoms with Crippen LogP contribution in [0.3, 0.4) is 0 Å². The fourth-order valence-corrected chi connectivity index (χ4v) is 1.64. The van der Waals surface area contributed by atoms with Gasteiger partial charge >= 0.3 is 0 Å². The van der Waals surface area contributed by atoms with Crippen LogP contribution >= 0.6 is 0 Å². The van der Waals surface area contributed by atoms with Crippen LogP contribution in [-0.2, 0) is 0 Å². The molecule has 0 aliphatic rings. The first-order valence-electron chi connectivity index (χ1n) is 5.09. The van der Waals surface area contributed by atoms with Gasteiger partial charge in [-0.15, -0.1) is 0 Å². The molecule has 2 heteroatoms. The summed E-state index contributed by atoms with van der Waals surface area (Å²) in [4.78, 5) is 0. The first kappa shape index (κ1) is 11.2. The summed E-state index contributed by atoms with van der Waals surface area (Å²) in [7, 11) is 0. The lowest BCUT2D eigenvalue weighted by molar-refractivity contribution is 0.280. The summed E-state index contributed by atoms with van der Waals surface area (Å²) in [6.07, 6.45) is 1.62. The molecule has 0 aliphatic heterocycles. The van der Waals surface area contributed by atoms with Gasteiger partial charge in [0.05, 0.1) is 0 Å². The number of aliphatic hydroxyl groups excluding tert-OH is 1. The predicted octanol–water partition coefficient (Wildman–Crippen LogP) is 2.08. The molecule has 14 heavy (non-hydrogen) atoms. The maximum absolute atomic E-state index is 8.73. The third-order valence-electron chi connectivity index (χ3n) is 2.72. The van der Waals surface area contributed by atoms with Crippen LogP contribution in [0.25, 0.3) is 0 Å². The van der Waals surface area contributed by atoms with E-state index in [1.807, 2.05) is 6.07 Å². The Morgan fingerprint density at radius 3 is 2.71 bits per heavy atom. The van der Waals surface area contributed by atoms with Gasteiger partial charge in [-0.2, -0.15) is 0 Å². The quantitative estimate of drug-likeness (QED) is 0.769. The van der Waals surface area contributed by atoms with Gasteiger partial charge in [0.2, 0.25) is 0 Å². The molecule has 0 bridgehead atoms. The molecule has 78 valence electrons. The number of aliphatic hydroxyl groups is 1. The van der Waals surface area contributed by atoms with Gasteiger partial charge in [0.15, 0.2) is 0 Å². The third kappa shape index (κ3) is 2.56. The fourth-order valence-electron chi connectivity index (χ4n) is 1.64. The van der Waals surface area contributed by atoms with E-state index in [0.717, 1.165) is 12.8 Å². The summed E-state index contributed by atoms with van der Waals surface area (Å²) in [5, 5.41) is 8.73. The van der Waals surface area contributed by atoms with Crippen molar-refractivity contribution in [2.24, 2.45) is 5.73 Å². The van der Waals surface area contributed by atoms with Crippen molar-refractivity contribution in [1.82, 2.24) is 0 Å². The lowest BCUT2D eigenvalue weighted by atomic mass is 9.95. The van der Waals surface area contributed by atoms with E-state index in [1.54, 1.807) is 0 Å². The second-order valence-corrected chi connectivity index (χ2v) is 3.76. The molecule has 2 nitrogen and oxygen atoms in total. The van der Waals surface area contributed by atoms with Gasteiger partial charge in [0, 0.05) is 12.6 Å². The van der Waals surface area contributed by atoms with E-state index in [-0.39, 0.29) is 12.6 Å². The molecular weight excluding hydrogens is 174 g/mol. The highest BCUT2D eigenvalue weighted by Gasteiger charge is 2.08. The molecule has 1 aromatic rings. The molecule has 0 amide bonds. The number of nitrogens with two attached hydrogens (primary N) is 1. The Morgan fingerprint density at radius 2 is 2.07 bits per heavy atom. The van der Waals surface area contributed by atoms with Gasteiger partial charge in [0.1, 0.15) is 0 Å². The number of rotatable bonds is 4. The Morgan fingerprint density at radius 1 is 1.36 bits per heavy atom. The van der Waals surface area contributed by atoms with Gasteiger partial charge in [-0.1, -0.05) is 18.2 Å². The van der Waals surface area contributed by atoms with Crippen LogP contribution in [0.2, 0.25) is 0 Å². The monoisotopic (exact) mass is 193 g/mol. The standard InChI is InChI=1S/C12H19NO/c1-9-5-3-6-11(10(9)2)12(13)7-4-8-14/h3,5-6,12,14H,4,7-8,13H2,1-2H3/t12-/m0/s1. The molecule has 0 aromatic heterocycles. The first-order chi connectivity index (χ1) is 6.66. The Balaban J connectivity index is 2.79. The smallest absolute Gasteiger partial charge is 0.0431 e. The zero-order valence-electron chi connectivity index (χ0n) is 8.96. The average molecular weight is 193 g/mol. The van der Waals surface area contributed by atoms with E-state index < -0.39 is 0 Å². The van der Waals surface area contributed by atoms with Crippen LogP contribution in [0.15, 0.2) is 18.2 Å². The van der Waals surface area contributed by atoms with Crippen LogP contribution in [-0.4, -0.2) is 11.7 Å². The van der Waals surface area contributed by atoms with E-state index in [1.165, 1.54) is 16.7 Å². The molecule has 1 atom stereocenters. The predicted molar refractivity (Wildman–Crippen MR) is 59.2 cm³/mol. The molecule has 0 unspecified atom stereocenters. The maximum atomic E-state index is 8.73. The molecule has 0 heterocycles. The fraction of sp³-hybridized carbons (Fsp3) is 0.500. The van der Waals surface area contributed by atoms with Gasteiger partial charge in [0.25, 0.3) is 0 Å². The van der Waals surface area contributed by atoms with Crippen LogP contribution in [0.4, 0.5) is 0 Å². The summed E-state index contributed by atoms with van der Waals surface area (Å²) in [6, 6.07) is 6.26. The molecule has 0 aliphatic carbocycles. The Bertz CT molecular complexity index is 296. The normalized spacial score (nSPS) is 12.9. The largest absolute Gasteiger partial charge is 0.396 e. The zero-order valence-corrected chi connectivity index (χ0v) is 8.96. The second kappa shape index (κ2) is 5.13. The van der Waals surface area contributed by atoms with Crippen molar-refractivity contribution >= 4 is 0 Å². The zero-order chi connectivity index (χ0) is 10.6. The number of hydrogen-bond acceptors (Lipinski definition) is 2. The molecule has 0 saturated carbocycles. The molecule has 3 N–H and O–H groups in total. The third-order valence-corrected chi connectivity index (χ3v) is 2.72. The number of benzene rings is 1. The summed E-state index contributed by atoms with van der Waals surface area (Å²) in [5.74, 6) is 0. The summed E-state index contributed by atoms with van der Waals surface area (Å²) < 4.78 is 0. The van der Waals surface area contributed by atoms with Crippen molar-refractivity contribution in [3.63, 3.8) is 0 Å². The van der Waals surface area contributed by atoms with E-state index in [4.69, 9.17) is 10.8 Å². The minimum absolute atomic E-state index is 0.0575. The molecule has 0 spiro atoms. The van der Waals surface area contributed by atoms with Crippen LogP contribution in [0, 0.1) is 13.8 Å². The van der Waals surface area contributed by atoms with Gasteiger partial charge < -0.3 is 10.8 Å². The van der Waals surface area contributed by atoms with Gasteiger partial charge in [-0.25, -0.2) is 0 Å². The lowest BCUT2D eigenvalue weighted by Gasteiger charge is -2.15. The van der Waals surface area contributed by atoms with Crippen LogP contribution < -0.4 is 5.73 Å². The van der Waals surface area contributed by atoms with Crippen molar-refractivity contribution in [2.75, 3.05) is 6.61 Å². The highest BCUT2D eigenvalue weighted by atomic mass is 16.2. The van der Waals surface area contributed by atoms with E-state index >= 15 is 0 Å². The highest BCUT2D eigenvalue weighted by Crippen LogP contribution is 2.21. The van der Waals surface area contributed by atoms with Crippen LogP contribution in [0.5, 0.6) is 0 Å². The Hall–Kier alpha value is -0.860. The number of aryl methyl sites for hydroxylation is 1. The molecule has 1 rings (SSSR count). The summed E-state index contributed by atoms with van der Waals surface area (Å²) >= 11 is 0. The molecular formula is C12H19NO. The Kier molecular flexibility index (Phi) is 4.11. The van der Waals surface area contributed by atoms with Crippen molar-refractivity contribution in [3.05, 3.63) is 34.9 Å². The first-order valence-corrected chi connectivity index (χ1v) is 5.09. The van der Waals surface area contributed by atoms with Gasteiger partial charge in [-0.3, -0.25) is 0 Å². The lowest BCUT2D eigenvalue weighted by Crippen LogP contribution is -2.12. The molecule has 1 aromatic carbocycles. The topological polar surface area (TPSA) is 46.2 Å². The molecule has 0 saturated heterocycles. The van der Waals surface area contributed by atoms with Crippen molar-refractivity contribution < 1.29 is 5.11 Å². The van der Waals surface area contributed by atoms with E-state index in [9.17, 15) is 0 Å². The van der Waals surface area contributed by atoms with E-state index in [0.29, 0.717) is 0 Å². The maximum Gasteiger partial charge on any atom is 0.0431 e. The van der Waals surface area contributed by atoms with Crippen molar-refractivity contribution in [1.29, 1.82) is 0 Å². The second-order valence-electron chi connectivity index (χ2n) is 3.76. The highest BCUT2D eigenvalue weighted by molar-refractivity contribution is 5.35. The van der Waals surface area contributed by atoms with Crippen molar-refractivity contribution in [2.45, 2.75) is 32.7 Å².